The second kappa shape index (κ2) is 6.69. The van der Waals surface area contributed by atoms with Gasteiger partial charge in [-0.05, 0) is 62.6 Å². The number of nitrogens with two attached hydrogens (primary N) is 1. The van der Waals surface area contributed by atoms with Crippen molar-refractivity contribution in [2.24, 2.45) is 5.73 Å². The quantitative estimate of drug-likeness (QED) is 0.829. The minimum Gasteiger partial charge on any atom is -0.457 e. The first-order valence-electron chi connectivity index (χ1n) is 6.86. The highest BCUT2D eigenvalue weighted by molar-refractivity contribution is 6.32. The Kier molecular flexibility index (Phi) is 5.15. The Morgan fingerprint density at radius 3 is 2.33 bits per heavy atom. The Morgan fingerprint density at radius 2 is 1.76 bits per heavy atom. The third kappa shape index (κ3) is 3.91. The highest BCUT2D eigenvalue weighted by atomic mass is 35.5. The molecule has 0 heterocycles. The van der Waals surface area contributed by atoms with Crippen LogP contribution in [0.15, 0.2) is 30.3 Å². The fraction of sp³-hybridized carbons (Fsp3) is 0.294. The predicted octanol–water partition coefficient (Wildman–Crippen LogP) is 5.29. The first-order valence-corrected chi connectivity index (χ1v) is 7.61. The van der Waals surface area contributed by atoms with Crippen molar-refractivity contribution in [2.45, 2.75) is 33.2 Å². The molecule has 2 aromatic carbocycles. The SMILES string of the molecule is Cc1cc(Oc2cccc(Cl)c2CC(C)N)cc(C)c1Cl. The number of halogens is 2. The van der Waals surface area contributed by atoms with Crippen LogP contribution in [-0.2, 0) is 6.42 Å². The smallest absolute Gasteiger partial charge is 0.132 e. The number of hydrogen-bond acceptors (Lipinski definition) is 2. The molecule has 0 fully saturated rings. The number of ether oxygens (including phenoxy) is 1. The van der Waals surface area contributed by atoms with E-state index in [9.17, 15) is 0 Å². The molecule has 1 atom stereocenters. The van der Waals surface area contributed by atoms with Crippen molar-refractivity contribution in [1.29, 1.82) is 0 Å². The molecule has 2 N–H and O–H groups in total. The maximum absolute atomic E-state index is 6.27. The topological polar surface area (TPSA) is 35.2 Å². The second-order valence-electron chi connectivity index (χ2n) is 5.37. The Morgan fingerprint density at radius 1 is 1.14 bits per heavy atom. The van der Waals surface area contributed by atoms with Gasteiger partial charge in [0.25, 0.3) is 0 Å². The summed E-state index contributed by atoms with van der Waals surface area (Å²) in [5.74, 6) is 1.49. The lowest BCUT2D eigenvalue weighted by molar-refractivity contribution is 0.473. The standard InChI is InChI=1S/C17H19Cl2NO/c1-10-7-13(8-11(2)17(10)19)21-16-6-4-5-15(18)14(16)9-12(3)20/h4-8,12H,9,20H2,1-3H3. The van der Waals surface area contributed by atoms with E-state index in [4.69, 9.17) is 33.7 Å². The van der Waals surface area contributed by atoms with Crippen LogP contribution in [0.5, 0.6) is 11.5 Å². The summed E-state index contributed by atoms with van der Waals surface area (Å²) in [6.07, 6.45) is 0.667. The lowest BCUT2D eigenvalue weighted by Crippen LogP contribution is -2.18. The lowest BCUT2D eigenvalue weighted by atomic mass is 10.1. The van der Waals surface area contributed by atoms with Gasteiger partial charge in [-0.25, -0.2) is 0 Å². The molecule has 0 saturated heterocycles. The van der Waals surface area contributed by atoms with E-state index in [-0.39, 0.29) is 6.04 Å². The molecular weight excluding hydrogens is 305 g/mol. The van der Waals surface area contributed by atoms with E-state index in [0.29, 0.717) is 11.4 Å². The summed E-state index contributed by atoms with van der Waals surface area (Å²) in [6.45, 7) is 5.87. The summed E-state index contributed by atoms with van der Waals surface area (Å²) in [5, 5.41) is 1.44. The van der Waals surface area contributed by atoms with Crippen LogP contribution in [0.4, 0.5) is 0 Å². The molecule has 0 spiro atoms. The molecule has 0 aliphatic heterocycles. The van der Waals surface area contributed by atoms with Gasteiger partial charge in [0.1, 0.15) is 11.5 Å². The molecular formula is C17H19Cl2NO. The van der Waals surface area contributed by atoms with E-state index < -0.39 is 0 Å². The molecule has 112 valence electrons. The molecule has 0 aliphatic rings. The largest absolute Gasteiger partial charge is 0.457 e. The van der Waals surface area contributed by atoms with Crippen LogP contribution in [-0.4, -0.2) is 6.04 Å². The number of hydrogen-bond donors (Lipinski definition) is 1. The minimum absolute atomic E-state index is 0.0148. The third-order valence-corrected chi connectivity index (χ3v) is 4.19. The summed E-state index contributed by atoms with van der Waals surface area (Å²) in [7, 11) is 0. The number of aryl methyl sites for hydroxylation is 2. The number of rotatable bonds is 4. The molecule has 0 radical (unpaired) electrons. The lowest BCUT2D eigenvalue weighted by Gasteiger charge is -2.15. The van der Waals surface area contributed by atoms with E-state index in [0.717, 1.165) is 33.2 Å². The zero-order valence-electron chi connectivity index (χ0n) is 12.4. The van der Waals surface area contributed by atoms with Gasteiger partial charge in [0.2, 0.25) is 0 Å². The Bertz CT molecular complexity index is 630. The van der Waals surface area contributed by atoms with Gasteiger partial charge in [-0.3, -0.25) is 0 Å². The van der Waals surface area contributed by atoms with Gasteiger partial charge < -0.3 is 10.5 Å². The molecule has 2 aromatic rings. The zero-order valence-corrected chi connectivity index (χ0v) is 13.9. The zero-order chi connectivity index (χ0) is 15.6. The molecule has 21 heavy (non-hydrogen) atoms. The molecule has 2 nitrogen and oxygen atoms in total. The van der Waals surface area contributed by atoms with Gasteiger partial charge in [-0.1, -0.05) is 29.3 Å². The van der Waals surface area contributed by atoms with Crippen LogP contribution in [0.25, 0.3) is 0 Å². The van der Waals surface area contributed by atoms with E-state index >= 15 is 0 Å². The van der Waals surface area contributed by atoms with Gasteiger partial charge in [-0.2, -0.15) is 0 Å². The first kappa shape index (κ1) is 16.2. The van der Waals surface area contributed by atoms with Crippen molar-refractivity contribution in [3.8, 4) is 11.5 Å². The van der Waals surface area contributed by atoms with Crippen molar-refractivity contribution >= 4 is 23.2 Å². The molecule has 0 bridgehead atoms. The fourth-order valence-electron chi connectivity index (χ4n) is 2.25. The maximum atomic E-state index is 6.27. The highest BCUT2D eigenvalue weighted by Gasteiger charge is 2.12. The second-order valence-corrected chi connectivity index (χ2v) is 6.16. The summed E-state index contributed by atoms with van der Waals surface area (Å²) >= 11 is 12.5. The van der Waals surface area contributed by atoms with Crippen LogP contribution < -0.4 is 10.5 Å². The normalized spacial score (nSPS) is 12.3. The summed E-state index contributed by atoms with van der Waals surface area (Å²) < 4.78 is 6.01. The van der Waals surface area contributed by atoms with Crippen LogP contribution in [0, 0.1) is 13.8 Å². The van der Waals surface area contributed by atoms with Gasteiger partial charge in [0.05, 0.1) is 0 Å². The Labute approximate surface area is 135 Å². The number of benzene rings is 2. The van der Waals surface area contributed by atoms with Crippen LogP contribution in [0.3, 0.4) is 0 Å². The van der Waals surface area contributed by atoms with Crippen LogP contribution >= 0.6 is 23.2 Å². The van der Waals surface area contributed by atoms with Crippen molar-refractivity contribution in [2.75, 3.05) is 0 Å². The summed E-state index contributed by atoms with van der Waals surface area (Å²) in [6, 6.07) is 9.49. The van der Waals surface area contributed by atoms with E-state index in [2.05, 4.69) is 0 Å². The maximum Gasteiger partial charge on any atom is 0.132 e. The van der Waals surface area contributed by atoms with E-state index in [1.165, 1.54) is 0 Å². The Hall–Kier alpha value is -1.22. The third-order valence-electron chi connectivity index (χ3n) is 3.24. The van der Waals surface area contributed by atoms with E-state index in [1.807, 2.05) is 51.1 Å². The summed E-state index contributed by atoms with van der Waals surface area (Å²) in [5.41, 5.74) is 8.80. The minimum atomic E-state index is 0.0148. The molecule has 4 heteroatoms. The molecule has 0 saturated carbocycles. The van der Waals surface area contributed by atoms with Crippen molar-refractivity contribution in [3.63, 3.8) is 0 Å². The molecule has 0 aliphatic carbocycles. The van der Waals surface area contributed by atoms with Gasteiger partial charge in [0, 0.05) is 21.7 Å². The van der Waals surface area contributed by atoms with Crippen molar-refractivity contribution < 1.29 is 4.74 Å². The average Bonchev–Trinajstić information content (AvgIpc) is 2.39. The Balaban J connectivity index is 2.38. The van der Waals surface area contributed by atoms with Crippen molar-refractivity contribution in [3.05, 3.63) is 57.1 Å². The average molecular weight is 324 g/mol. The fourth-order valence-corrected chi connectivity index (χ4v) is 2.60. The van der Waals surface area contributed by atoms with Gasteiger partial charge in [-0.15, -0.1) is 0 Å². The van der Waals surface area contributed by atoms with Crippen LogP contribution in [0.1, 0.15) is 23.6 Å². The monoisotopic (exact) mass is 323 g/mol. The predicted molar refractivity (Wildman–Crippen MR) is 89.8 cm³/mol. The van der Waals surface area contributed by atoms with Gasteiger partial charge in [0.15, 0.2) is 0 Å². The summed E-state index contributed by atoms with van der Waals surface area (Å²) in [4.78, 5) is 0. The molecule has 1 unspecified atom stereocenters. The molecule has 2 rings (SSSR count). The highest BCUT2D eigenvalue weighted by Crippen LogP contribution is 2.33. The van der Waals surface area contributed by atoms with Crippen molar-refractivity contribution in [1.82, 2.24) is 0 Å². The van der Waals surface area contributed by atoms with Crippen LogP contribution in [0.2, 0.25) is 10.0 Å². The molecule has 0 amide bonds. The first-order chi connectivity index (χ1) is 9.88. The van der Waals surface area contributed by atoms with E-state index in [1.54, 1.807) is 0 Å². The van der Waals surface area contributed by atoms with Gasteiger partial charge >= 0.3 is 0 Å². The molecule has 0 aromatic heterocycles.